The predicted octanol–water partition coefficient (Wildman–Crippen LogP) is 5.62. The van der Waals surface area contributed by atoms with Gasteiger partial charge in [0.1, 0.15) is 5.03 Å². The van der Waals surface area contributed by atoms with Crippen LogP contribution in [0.1, 0.15) is 25.2 Å². The molecule has 0 spiro atoms. The highest BCUT2D eigenvalue weighted by Crippen LogP contribution is 2.46. The minimum Gasteiger partial charge on any atom is -0.347 e. The summed E-state index contributed by atoms with van der Waals surface area (Å²) in [5, 5.41) is 0.638. The van der Waals surface area contributed by atoms with Crippen molar-refractivity contribution in [2.24, 2.45) is 0 Å². The summed E-state index contributed by atoms with van der Waals surface area (Å²) in [4.78, 5) is 22.1. The molecule has 4 rings (SSSR count). The lowest BCUT2D eigenvalue weighted by Crippen LogP contribution is -2.24. The van der Waals surface area contributed by atoms with Crippen LogP contribution in [0.5, 0.6) is 0 Å². The van der Waals surface area contributed by atoms with E-state index < -0.39 is 12.0 Å². The van der Waals surface area contributed by atoms with E-state index in [1.807, 2.05) is 36.2 Å². The third kappa shape index (κ3) is 3.92. The first-order valence-electron chi connectivity index (χ1n) is 9.64. The van der Waals surface area contributed by atoms with Crippen molar-refractivity contribution in [3.63, 3.8) is 0 Å². The number of nitrogens with zero attached hydrogens (tertiary/aromatic N) is 3. The molecular formula is C23H20F3N3OS. The minimum absolute atomic E-state index is 0.0257. The molecule has 31 heavy (non-hydrogen) atoms. The molecule has 0 saturated heterocycles. The summed E-state index contributed by atoms with van der Waals surface area (Å²) in [6.45, 7) is 4.10. The maximum atomic E-state index is 13.2. The summed E-state index contributed by atoms with van der Waals surface area (Å²) in [7, 11) is 1.91. The Morgan fingerprint density at radius 3 is 2.48 bits per heavy atom. The maximum Gasteiger partial charge on any atom is 0.451 e. The number of allylic oxidation sites excluding steroid dienone is 2. The van der Waals surface area contributed by atoms with E-state index in [-0.39, 0.29) is 27.5 Å². The van der Waals surface area contributed by atoms with E-state index in [0.29, 0.717) is 5.39 Å². The number of carbonyl (C=O) groups excluding carboxylic acids is 1. The van der Waals surface area contributed by atoms with Gasteiger partial charge < -0.3 is 4.90 Å². The molecule has 0 N–H and O–H groups in total. The van der Waals surface area contributed by atoms with Gasteiger partial charge in [-0.05, 0) is 17.7 Å². The fraction of sp³-hybridized carbons (Fsp3) is 0.261. The molecule has 1 aromatic heterocycles. The molecule has 1 aliphatic heterocycles. The molecule has 0 amide bonds. The number of halogens is 3. The van der Waals surface area contributed by atoms with Crippen molar-refractivity contribution in [2.45, 2.75) is 30.5 Å². The van der Waals surface area contributed by atoms with Gasteiger partial charge in [0.15, 0.2) is 5.78 Å². The molecular weight excluding hydrogens is 423 g/mol. The zero-order valence-corrected chi connectivity index (χ0v) is 18.0. The monoisotopic (exact) mass is 443 g/mol. The third-order valence-corrected chi connectivity index (χ3v) is 6.42. The number of aromatic nitrogens is 2. The van der Waals surface area contributed by atoms with E-state index in [9.17, 15) is 18.0 Å². The van der Waals surface area contributed by atoms with Crippen molar-refractivity contribution >= 4 is 34.1 Å². The van der Waals surface area contributed by atoms with E-state index in [0.717, 1.165) is 28.7 Å². The summed E-state index contributed by atoms with van der Waals surface area (Å²) in [6.07, 6.45) is -3.07. The molecule has 0 fully saturated rings. The highest BCUT2D eigenvalue weighted by molar-refractivity contribution is 8.00. The van der Waals surface area contributed by atoms with Crippen molar-refractivity contribution in [3.05, 3.63) is 71.7 Å². The number of hydrogen-bond donors (Lipinski definition) is 0. The zero-order chi connectivity index (χ0) is 22.4. The third-order valence-electron chi connectivity index (χ3n) is 5.41. The van der Waals surface area contributed by atoms with Crippen molar-refractivity contribution in [3.8, 4) is 0 Å². The molecule has 3 aromatic rings. The van der Waals surface area contributed by atoms with Crippen LogP contribution in [0.2, 0.25) is 0 Å². The molecule has 1 aliphatic rings. The summed E-state index contributed by atoms with van der Waals surface area (Å²) < 4.78 is 39.6. The van der Waals surface area contributed by atoms with Gasteiger partial charge in [0, 0.05) is 35.3 Å². The number of likely N-dealkylation sites (N-methyl/N-ethyl adjacent to an activating group) is 1. The fourth-order valence-corrected chi connectivity index (χ4v) is 4.72. The van der Waals surface area contributed by atoms with Gasteiger partial charge in [-0.1, -0.05) is 62.0 Å². The van der Waals surface area contributed by atoms with Crippen LogP contribution in [0.3, 0.4) is 0 Å². The van der Waals surface area contributed by atoms with Crippen LogP contribution in [0.4, 0.5) is 18.9 Å². The van der Waals surface area contributed by atoms with Crippen LogP contribution < -0.4 is 4.90 Å². The van der Waals surface area contributed by atoms with Crippen LogP contribution in [0, 0.1) is 0 Å². The molecule has 0 unspecified atom stereocenters. The van der Waals surface area contributed by atoms with Crippen LogP contribution in [-0.4, -0.2) is 28.6 Å². The second-order valence-electron chi connectivity index (χ2n) is 7.85. The van der Waals surface area contributed by atoms with E-state index in [4.69, 9.17) is 0 Å². The molecule has 8 heteroatoms. The Kier molecular flexibility index (Phi) is 5.29. The topological polar surface area (TPSA) is 46.1 Å². The van der Waals surface area contributed by atoms with Crippen LogP contribution in [0.25, 0.3) is 10.9 Å². The lowest BCUT2D eigenvalue weighted by molar-refractivity contribution is -0.145. The van der Waals surface area contributed by atoms with Crippen LogP contribution in [-0.2, 0) is 16.4 Å². The van der Waals surface area contributed by atoms with Gasteiger partial charge in [0.2, 0.25) is 5.82 Å². The number of alkyl halides is 3. The van der Waals surface area contributed by atoms with Gasteiger partial charge in [-0.25, -0.2) is 9.97 Å². The van der Waals surface area contributed by atoms with Gasteiger partial charge in [-0.15, -0.1) is 0 Å². The SMILES string of the molecule is CN1C(=CC(=O)CSc2nc(C(F)(F)F)nc3ccccc23)C(C)(C)c2ccccc21. The minimum atomic E-state index is -4.66. The standard InChI is InChI=1S/C23H20F3N3OS/c1-22(2)16-9-5-7-11-18(16)29(3)19(22)12-14(30)13-31-20-15-8-4-6-10-17(15)27-21(28-20)23(24,25)26/h4-12H,13H2,1-3H3. The van der Waals surface area contributed by atoms with Crippen molar-refractivity contribution < 1.29 is 18.0 Å². The molecule has 0 aliphatic carbocycles. The number of para-hydroxylation sites is 2. The van der Waals surface area contributed by atoms with Gasteiger partial charge >= 0.3 is 6.18 Å². The molecule has 0 bridgehead atoms. The molecule has 2 heterocycles. The lowest BCUT2D eigenvalue weighted by atomic mass is 9.83. The number of fused-ring (bicyclic) bond motifs is 2. The quantitative estimate of drug-likeness (QED) is 0.298. The van der Waals surface area contributed by atoms with Gasteiger partial charge in [0.25, 0.3) is 0 Å². The lowest BCUT2D eigenvalue weighted by Gasteiger charge is -2.23. The average molecular weight is 443 g/mol. The number of rotatable bonds is 4. The molecule has 0 radical (unpaired) electrons. The second-order valence-corrected chi connectivity index (χ2v) is 8.82. The number of anilines is 1. The average Bonchev–Trinajstić information content (AvgIpc) is 2.92. The Balaban J connectivity index is 1.61. The van der Waals surface area contributed by atoms with E-state index in [1.165, 1.54) is 6.07 Å². The second kappa shape index (κ2) is 7.67. The number of thioether (sulfide) groups is 1. The number of ketones is 1. The maximum absolute atomic E-state index is 13.2. The zero-order valence-electron chi connectivity index (χ0n) is 17.2. The Labute approximate surface area is 182 Å². The molecule has 4 nitrogen and oxygen atoms in total. The summed E-state index contributed by atoms with van der Waals surface area (Å²) >= 11 is 0.993. The largest absolute Gasteiger partial charge is 0.451 e. The van der Waals surface area contributed by atoms with Crippen LogP contribution >= 0.6 is 11.8 Å². The van der Waals surface area contributed by atoms with E-state index in [1.54, 1.807) is 24.3 Å². The highest BCUT2D eigenvalue weighted by atomic mass is 32.2. The number of carbonyl (C=O) groups is 1. The normalized spacial score (nSPS) is 16.7. The first-order valence-corrected chi connectivity index (χ1v) is 10.6. The first-order chi connectivity index (χ1) is 14.6. The van der Waals surface area contributed by atoms with E-state index >= 15 is 0 Å². The summed E-state index contributed by atoms with van der Waals surface area (Å²) in [6, 6.07) is 14.5. The predicted molar refractivity (Wildman–Crippen MR) is 116 cm³/mol. The molecule has 160 valence electrons. The van der Waals surface area contributed by atoms with E-state index in [2.05, 4.69) is 23.8 Å². The fourth-order valence-electron chi connectivity index (χ4n) is 3.88. The smallest absolute Gasteiger partial charge is 0.347 e. The Bertz CT molecular complexity index is 1200. The van der Waals surface area contributed by atoms with Crippen molar-refractivity contribution in [1.82, 2.24) is 9.97 Å². The Morgan fingerprint density at radius 2 is 1.77 bits per heavy atom. The first kappa shape index (κ1) is 21.4. The Hall–Kier alpha value is -2.87. The van der Waals surface area contributed by atoms with Gasteiger partial charge in [-0.3, -0.25) is 4.79 Å². The van der Waals surface area contributed by atoms with Gasteiger partial charge in [0.05, 0.1) is 11.3 Å². The molecule has 2 aromatic carbocycles. The van der Waals surface area contributed by atoms with Gasteiger partial charge in [-0.2, -0.15) is 13.2 Å². The Morgan fingerprint density at radius 1 is 1.10 bits per heavy atom. The van der Waals surface area contributed by atoms with Crippen molar-refractivity contribution in [2.75, 3.05) is 17.7 Å². The number of hydrogen-bond acceptors (Lipinski definition) is 5. The number of benzene rings is 2. The molecule has 0 atom stereocenters. The van der Waals surface area contributed by atoms with Crippen LogP contribution in [0.15, 0.2) is 65.3 Å². The summed E-state index contributed by atoms with van der Waals surface area (Å²) in [5.41, 5.74) is 2.86. The highest BCUT2D eigenvalue weighted by Gasteiger charge is 2.38. The summed E-state index contributed by atoms with van der Waals surface area (Å²) in [5.74, 6) is -1.42. The van der Waals surface area contributed by atoms with Crippen molar-refractivity contribution in [1.29, 1.82) is 0 Å². The molecule has 0 saturated carbocycles.